The van der Waals surface area contributed by atoms with Crippen LogP contribution in [0.2, 0.25) is 0 Å². The molecule has 33 heavy (non-hydrogen) atoms. The molecule has 4 rings (SSSR count). The molecule has 1 unspecified atom stereocenters. The Balaban J connectivity index is 1.91. The van der Waals surface area contributed by atoms with E-state index in [2.05, 4.69) is 4.98 Å². The summed E-state index contributed by atoms with van der Waals surface area (Å²) in [5.41, 5.74) is 3.39. The topological polar surface area (TPSA) is 79.7 Å². The van der Waals surface area contributed by atoms with Crippen LogP contribution in [0.1, 0.15) is 42.3 Å². The number of aliphatic hydroxyl groups excluding tert-OH is 1. The number of anilines is 1. The van der Waals surface area contributed by atoms with Crippen molar-refractivity contribution in [1.29, 1.82) is 0 Å². The molecule has 1 aromatic heterocycles. The van der Waals surface area contributed by atoms with Gasteiger partial charge in [-0.2, -0.15) is 0 Å². The quantitative estimate of drug-likeness (QED) is 0.337. The Morgan fingerprint density at radius 1 is 1.03 bits per heavy atom. The lowest BCUT2D eigenvalue weighted by Crippen LogP contribution is -2.30. The highest BCUT2D eigenvalue weighted by atomic mass is 16.5. The van der Waals surface area contributed by atoms with Crippen molar-refractivity contribution in [1.82, 2.24) is 4.98 Å². The van der Waals surface area contributed by atoms with Gasteiger partial charge in [0.2, 0.25) is 0 Å². The van der Waals surface area contributed by atoms with Gasteiger partial charge in [0.25, 0.3) is 11.7 Å². The summed E-state index contributed by atoms with van der Waals surface area (Å²) in [5, 5.41) is 11.3. The van der Waals surface area contributed by atoms with E-state index in [0.717, 1.165) is 11.1 Å². The molecule has 2 heterocycles. The molecule has 1 N–H and O–H groups in total. The standard InChI is InChI=1S/C27H26N2O4/c1-16(2)33-20-9-7-8-19(15-20)25(30)23-24(21-10-5-6-13-28-21)29(27(32)26(23)31)22-12-11-17(3)14-18(22)4/h5-16,24,30H,1-4H3/b25-23+. The molecule has 0 spiro atoms. The van der Waals surface area contributed by atoms with Crippen LogP contribution in [0.25, 0.3) is 5.76 Å². The van der Waals surface area contributed by atoms with Gasteiger partial charge in [-0.15, -0.1) is 0 Å². The number of benzene rings is 2. The van der Waals surface area contributed by atoms with E-state index in [0.29, 0.717) is 22.7 Å². The number of hydrogen-bond acceptors (Lipinski definition) is 5. The van der Waals surface area contributed by atoms with Crippen LogP contribution in [-0.2, 0) is 9.59 Å². The normalized spacial score (nSPS) is 17.6. The molecule has 6 nitrogen and oxygen atoms in total. The second-order valence-electron chi connectivity index (χ2n) is 8.41. The number of nitrogens with zero attached hydrogens (tertiary/aromatic N) is 2. The van der Waals surface area contributed by atoms with E-state index in [4.69, 9.17) is 4.74 Å². The van der Waals surface area contributed by atoms with Crippen molar-refractivity contribution in [2.75, 3.05) is 4.90 Å². The van der Waals surface area contributed by atoms with Gasteiger partial charge in [0.05, 0.1) is 17.4 Å². The summed E-state index contributed by atoms with van der Waals surface area (Å²) in [6.07, 6.45) is 1.56. The van der Waals surface area contributed by atoms with Gasteiger partial charge in [0, 0.05) is 17.4 Å². The monoisotopic (exact) mass is 442 g/mol. The lowest BCUT2D eigenvalue weighted by Gasteiger charge is -2.26. The number of aromatic nitrogens is 1. The zero-order valence-corrected chi connectivity index (χ0v) is 19.1. The van der Waals surface area contributed by atoms with Crippen LogP contribution in [-0.4, -0.2) is 27.9 Å². The van der Waals surface area contributed by atoms with Crippen molar-refractivity contribution in [3.8, 4) is 5.75 Å². The van der Waals surface area contributed by atoms with Gasteiger partial charge in [-0.25, -0.2) is 0 Å². The average molecular weight is 443 g/mol. The van der Waals surface area contributed by atoms with Crippen LogP contribution in [0, 0.1) is 13.8 Å². The Labute approximate surface area is 193 Å². The molecule has 1 saturated heterocycles. The number of aryl methyl sites for hydroxylation is 2. The summed E-state index contributed by atoms with van der Waals surface area (Å²) in [7, 11) is 0. The Morgan fingerprint density at radius 3 is 2.48 bits per heavy atom. The van der Waals surface area contributed by atoms with E-state index in [-0.39, 0.29) is 17.4 Å². The Bertz CT molecular complexity index is 1250. The second kappa shape index (κ2) is 8.90. The minimum atomic E-state index is -0.859. The molecule has 0 aliphatic carbocycles. The lowest BCUT2D eigenvalue weighted by atomic mass is 9.97. The van der Waals surface area contributed by atoms with Crippen LogP contribution in [0.5, 0.6) is 5.75 Å². The van der Waals surface area contributed by atoms with Gasteiger partial charge in [0.15, 0.2) is 0 Å². The summed E-state index contributed by atoms with van der Waals surface area (Å²) in [5.74, 6) is -1.15. The summed E-state index contributed by atoms with van der Waals surface area (Å²) in [4.78, 5) is 32.4. The molecule has 2 aromatic carbocycles. The molecule has 0 bridgehead atoms. The number of Topliss-reactive ketones (excluding diaryl/α,β-unsaturated/α-hetero) is 1. The van der Waals surface area contributed by atoms with Crippen molar-refractivity contribution in [3.63, 3.8) is 0 Å². The number of carbonyl (C=O) groups is 2. The molecule has 0 radical (unpaired) electrons. The molecule has 3 aromatic rings. The number of hydrogen-bond donors (Lipinski definition) is 1. The molecular formula is C27H26N2O4. The van der Waals surface area contributed by atoms with Crippen LogP contribution in [0.15, 0.2) is 72.4 Å². The number of amides is 1. The SMILES string of the molecule is Cc1ccc(N2C(=O)C(=O)/C(=C(/O)c3cccc(OC(C)C)c3)C2c2ccccn2)c(C)c1. The van der Waals surface area contributed by atoms with Gasteiger partial charge in [-0.05, 0) is 63.6 Å². The molecule has 0 saturated carbocycles. The first-order valence-electron chi connectivity index (χ1n) is 10.8. The highest BCUT2D eigenvalue weighted by Crippen LogP contribution is 2.42. The van der Waals surface area contributed by atoms with Crippen molar-refractivity contribution in [2.24, 2.45) is 0 Å². The second-order valence-corrected chi connectivity index (χ2v) is 8.41. The predicted molar refractivity (Wildman–Crippen MR) is 127 cm³/mol. The third-order valence-electron chi connectivity index (χ3n) is 5.50. The van der Waals surface area contributed by atoms with Gasteiger partial charge in [-0.1, -0.05) is 35.9 Å². The van der Waals surface area contributed by atoms with Gasteiger partial charge in [-0.3, -0.25) is 19.5 Å². The van der Waals surface area contributed by atoms with Gasteiger partial charge < -0.3 is 9.84 Å². The predicted octanol–water partition coefficient (Wildman–Crippen LogP) is 5.11. The summed E-state index contributed by atoms with van der Waals surface area (Å²) < 4.78 is 5.74. The molecule has 168 valence electrons. The summed E-state index contributed by atoms with van der Waals surface area (Å²) >= 11 is 0. The van der Waals surface area contributed by atoms with E-state index in [1.807, 2.05) is 45.9 Å². The zero-order chi connectivity index (χ0) is 23.7. The highest BCUT2D eigenvalue weighted by Gasteiger charge is 2.48. The minimum Gasteiger partial charge on any atom is -0.507 e. The summed E-state index contributed by atoms with van der Waals surface area (Å²) in [6.45, 7) is 7.67. The Kier molecular flexibility index (Phi) is 6.01. The molecule has 1 aliphatic heterocycles. The van der Waals surface area contributed by atoms with Crippen molar-refractivity contribution in [2.45, 2.75) is 39.8 Å². The van der Waals surface area contributed by atoms with Crippen molar-refractivity contribution >= 4 is 23.1 Å². The van der Waals surface area contributed by atoms with Gasteiger partial charge in [0.1, 0.15) is 17.6 Å². The van der Waals surface area contributed by atoms with Crippen LogP contribution in [0.3, 0.4) is 0 Å². The van der Waals surface area contributed by atoms with Gasteiger partial charge >= 0.3 is 0 Å². The first-order valence-corrected chi connectivity index (χ1v) is 10.8. The molecular weight excluding hydrogens is 416 g/mol. The third kappa shape index (κ3) is 4.24. The Morgan fingerprint density at radius 2 is 1.82 bits per heavy atom. The lowest BCUT2D eigenvalue weighted by molar-refractivity contribution is -0.132. The molecule has 1 fully saturated rings. The molecule has 1 amide bonds. The fourth-order valence-electron chi connectivity index (χ4n) is 4.12. The van der Waals surface area contributed by atoms with Crippen LogP contribution in [0.4, 0.5) is 5.69 Å². The maximum atomic E-state index is 13.3. The van der Waals surface area contributed by atoms with E-state index < -0.39 is 17.7 Å². The number of rotatable bonds is 5. The largest absolute Gasteiger partial charge is 0.507 e. The highest BCUT2D eigenvalue weighted by molar-refractivity contribution is 6.51. The summed E-state index contributed by atoms with van der Waals surface area (Å²) in [6, 6.07) is 17.0. The van der Waals surface area contributed by atoms with Crippen LogP contribution >= 0.6 is 0 Å². The minimum absolute atomic E-state index is 0.000344. The number of ether oxygens (including phenoxy) is 1. The maximum absolute atomic E-state index is 13.3. The van der Waals surface area contributed by atoms with E-state index in [9.17, 15) is 14.7 Å². The van der Waals surface area contributed by atoms with E-state index in [1.54, 1.807) is 48.7 Å². The third-order valence-corrected chi connectivity index (χ3v) is 5.50. The maximum Gasteiger partial charge on any atom is 0.300 e. The first kappa shape index (κ1) is 22.3. The number of pyridine rings is 1. The van der Waals surface area contributed by atoms with Crippen molar-refractivity contribution < 1.29 is 19.4 Å². The average Bonchev–Trinajstić information content (AvgIpc) is 3.04. The number of carbonyl (C=O) groups excluding carboxylic acids is 2. The molecule has 1 atom stereocenters. The smallest absolute Gasteiger partial charge is 0.300 e. The first-order chi connectivity index (χ1) is 15.8. The number of aliphatic hydroxyl groups is 1. The fourth-order valence-corrected chi connectivity index (χ4v) is 4.12. The zero-order valence-electron chi connectivity index (χ0n) is 19.1. The van der Waals surface area contributed by atoms with E-state index >= 15 is 0 Å². The van der Waals surface area contributed by atoms with Crippen molar-refractivity contribution in [3.05, 3.63) is 94.8 Å². The van der Waals surface area contributed by atoms with E-state index in [1.165, 1.54) is 4.90 Å². The molecule has 1 aliphatic rings. The Hall–Kier alpha value is -3.93. The fraction of sp³-hybridized carbons (Fsp3) is 0.222. The number of ketones is 1. The molecule has 6 heteroatoms. The van der Waals surface area contributed by atoms with Crippen LogP contribution < -0.4 is 9.64 Å².